The maximum absolute atomic E-state index is 12.2. The van der Waals surface area contributed by atoms with Crippen molar-refractivity contribution in [1.82, 2.24) is 19.9 Å². The van der Waals surface area contributed by atoms with Crippen LogP contribution in [0.2, 0.25) is 0 Å². The summed E-state index contributed by atoms with van der Waals surface area (Å²) in [5.41, 5.74) is 0.482. The van der Waals surface area contributed by atoms with Crippen LogP contribution in [0.3, 0.4) is 0 Å². The third-order valence-corrected chi connectivity index (χ3v) is 4.18. The number of hydrogen-bond acceptors (Lipinski definition) is 5. The van der Waals surface area contributed by atoms with E-state index in [4.69, 9.17) is 9.37 Å². The van der Waals surface area contributed by atoms with Crippen molar-refractivity contribution in [3.63, 3.8) is 0 Å². The molecule has 120 valence electrons. The number of hydrogen-bond donors (Lipinski definition) is 1. The first kappa shape index (κ1) is 11.9. The van der Waals surface area contributed by atoms with Crippen molar-refractivity contribution in [2.24, 2.45) is 5.89 Å². The zero-order valence-electron chi connectivity index (χ0n) is 16.1. The van der Waals surface area contributed by atoms with E-state index in [-0.39, 0.29) is 25.2 Å². The minimum absolute atomic E-state index is 0.0206. The topological polar surface area (TPSA) is 88.9 Å². The average Bonchev–Trinajstić information content (AvgIpc) is 3.04. The lowest BCUT2D eigenvalue weighted by molar-refractivity contribution is -0.131. The van der Waals surface area contributed by atoms with Gasteiger partial charge >= 0.3 is 0 Å². The van der Waals surface area contributed by atoms with Gasteiger partial charge in [0.25, 0.3) is 0 Å². The third kappa shape index (κ3) is 2.84. The molecule has 1 amide bonds. The zero-order chi connectivity index (χ0) is 19.1. The summed E-state index contributed by atoms with van der Waals surface area (Å²) in [7, 11) is 1.65. The number of aromatic nitrogens is 3. The van der Waals surface area contributed by atoms with Gasteiger partial charge in [-0.2, -0.15) is 5.26 Å². The number of nitrogens with one attached hydrogen (secondary N) is 1. The fourth-order valence-electron chi connectivity index (χ4n) is 2.83. The van der Waals surface area contributed by atoms with Gasteiger partial charge in [-0.3, -0.25) is 4.79 Å². The molecule has 0 radical (unpaired) electrons. The predicted octanol–water partition coefficient (Wildman–Crippen LogP) is 1.54. The van der Waals surface area contributed by atoms with E-state index < -0.39 is 11.9 Å². The number of nitriles is 1. The molecular formula is C16H20N6O. The highest BCUT2D eigenvalue weighted by atomic mass is 16.2. The van der Waals surface area contributed by atoms with E-state index in [2.05, 4.69) is 15.0 Å². The van der Waals surface area contributed by atoms with Gasteiger partial charge < -0.3 is 14.8 Å². The number of anilines is 1. The number of carbonyl (C=O) groups is 1. The first-order valence-corrected chi connectivity index (χ1v) is 7.40. The van der Waals surface area contributed by atoms with Crippen molar-refractivity contribution < 1.29 is 8.91 Å². The summed E-state index contributed by atoms with van der Waals surface area (Å²) in [6, 6.07) is 2.10. The van der Waals surface area contributed by atoms with Crippen LogP contribution >= 0.6 is 0 Å². The maximum Gasteiger partial charge on any atom is 0.236 e. The van der Waals surface area contributed by atoms with E-state index in [0.717, 1.165) is 0 Å². The standard InChI is InChI=1S/C16H20N6O/c1-11-5-8-22(14(23)3-6-17)9-13(11)21(2)16-12-4-7-18-15(12)19-10-20-16/h4,7,10-11,13H,3,5,8-9H2,1-2H3,(H,18,19,20)/t11-,13+/m1/s1/i10D,11D,13D. The van der Waals surface area contributed by atoms with Crippen LogP contribution in [0.25, 0.3) is 11.0 Å². The summed E-state index contributed by atoms with van der Waals surface area (Å²) in [4.78, 5) is 26.3. The maximum atomic E-state index is 12.2. The van der Waals surface area contributed by atoms with E-state index in [1.165, 1.54) is 4.90 Å². The molecule has 1 N–H and O–H groups in total. The molecule has 1 aliphatic heterocycles. The second-order valence-corrected chi connectivity index (χ2v) is 5.57. The smallest absolute Gasteiger partial charge is 0.236 e. The predicted molar refractivity (Wildman–Crippen MR) is 86.7 cm³/mol. The molecule has 23 heavy (non-hydrogen) atoms. The summed E-state index contributed by atoms with van der Waals surface area (Å²) < 4.78 is 25.5. The Morgan fingerprint density at radius 2 is 2.52 bits per heavy atom. The first-order valence-electron chi connectivity index (χ1n) is 8.90. The van der Waals surface area contributed by atoms with Gasteiger partial charge in [0.05, 0.1) is 18.8 Å². The van der Waals surface area contributed by atoms with Crippen molar-refractivity contribution in [3.8, 4) is 6.07 Å². The molecule has 0 aliphatic carbocycles. The van der Waals surface area contributed by atoms with Crippen LogP contribution in [0.4, 0.5) is 5.82 Å². The lowest BCUT2D eigenvalue weighted by atomic mass is 9.92. The summed E-state index contributed by atoms with van der Waals surface area (Å²) in [6.45, 7) is 1.98. The molecule has 2 atom stereocenters. The lowest BCUT2D eigenvalue weighted by Gasteiger charge is -2.42. The second-order valence-electron chi connectivity index (χ2n) is 5.57. The SMILES string of the molecule is [2H]c1nc(N(C)[C@@]2([2H])CN(C(=O)CC#N)CC[C@@]2([2H])C)c2cc[nH]c2n1. The Morgan fingerprint density at radius 1 is 1.70 bits per heavy atom. The van der Waals surface area contributed by atoms with Crippen LogP contribution in [-0.4, -0.2) is 51.9 Å². The van der Waals surface area contributed by atoms with Crippen LogP contribution in [0.15, 0.2) is 18.6 Å². The van der Waals surface area contributed by atoms with Gasteiger partial charge in [0.1, 0.15) is 25.6 Å². The summed E-state index contributed by atoms with van der Waals surface area (Å²) >= 11 is 0. The van der Waals surface area contributed by atoms with Gasteiger partial charge in [-0.15, -0.1) is 0 Å². The van der Waals surface area contributed by atoms with E-state index in [1.54, 1.807) is 31.1 Å². The molecule has 0 unspecified atom stereocenters. The average molecular weight is 315 g/mol. The molecular weight excluding hydrogens is 292 g/mol. The van der Waals surface area contributed by atoms with Gasteiger partial charge in [0, 0.05) is 27.7 Å². The van der Waals surface area contributed by atoms with E-state index in [9.17, 15) is 4.79 Å². The normalized spacial score (nSPS) is 29.4. The summed E-state index contributed by atoms with van der Waals surface area (Å²) in [5.74, 6) is -1.16. The fraction of sp³-hybridized carbons (Fsp3) is 0.500. The number of aromatic amines is 1. The van der Waals surface area contributed by atoms with Crippen LogP contribution in [0.5, 0.6) is 0 Å². The monoisotopic (exact) mass is 315 g/mol. The number of fused-ring (bicyclic) bond motifs is 1. The van der Waals surface area contributed by atoms with Crippen LogP contribution in [0.1, 0.15) is 23.9 Å². The van der Waals surface area contributed by atoms with Gasteiger partial charge in [0.15, 0.2) is 0 Å². The van der Waals surface area contributed by atoms with Gasteiger partial charge in [0.2, 0.25) is 5.91 Å². The Kier molecular flexibility index (Phi) is 3.23. The Morgan fingerprint density at radius 3 is 3.30 bits per heavy atom. The molecule has 0 bridgehead atoms. The number of likely N-dealkylation sites (tertiary alicyclic amines) is 1. The summed E-state index contributed by atoms with van der Waals surface area (Å²) in [5, 5.41) is 9.42. The van der Waals surface area contributed by atoms with E-state index in [0.29, 0.717) is 29.8 Å². The van der Waals surface area contributed by atoms with Gasteiger partial charge in [-0.1, -0.05) is 6.92 Å². The molecule has 0 saturated carbocycles. The minimum Gasteiger partial charge on any atom is -0.354 e. The molecule has 2 aromatic heterocycles. The number of amides is 1. The van der Waals surface area contributed by atoms with Crippen molar-refractivity contribution in [2.45, 2.75) is 25.8 Å². The fourth-order valence-corrected chi connectivity index (χ4v) is 2.83. The molecule has 0 aromatic carbocycles. The Balaban J connectivity index is 2.03. The van der Waals surface area contributed by atoms with Gasteiger partial charge in [-0.05, 0) is 18.4 Å². The number of H-pyrrole nitrogens is 1. The molecule has 1 saturated heterocycles. The number of nitrogens with zero attached hydrogens (tertiary/aromatic N) is 5. The third-order valence-electron chi connectivity index (χ3n) is 4.18. The quantitative estimate of drug-likeness (QED) is 0.928. The number of likely N-dealkylation sites (N-methyl/N-ethyl adjacent to an activating group) is 1. The van der Waals surface area contributed by atoms with Crippen molar-refractivity contribution in [1.29, 1.82) is 5.26 Å². The molecule has 2 aromatic rings. The lowest BCUT2D eigenvalue weighted by Crippen LogP contribution is -2.52. The molecule has 3 heterocycles. The molecule has 7 nitrogen and oxygen atoms in total. The first-order chi connectivity index (χ1) is 12.2. The molecule has 1 aliphatic rings. The van der Waals surface area contributed by atoms with Crippen molar-refractivity contribution in [3.05, 3.63) is 18.6 Å². The van der Waals surface area contributed by atoms with Crippen molar-refractivity contribution >= 4 is 22.8 Å². The number of piperidine rings is 1. The van der Waals surface area contributed by atoms with Crippen molar-refractivity contribution in [2.75, 3.05) is 25.0 Å². The highest BCUT2D eigenvalue weighted by molar-refractivity contribution is 5.87. The van der Waals surface area contributed by atoms with Crippen LogP contribution in [-0.2, 0) is 4.79 Å². The summed E-state index contributed by atoms with van der Waals surface area (Å²) in [6.07, 6.45) is 1.54. The zero-order valence-corrected chi connectivity index (χ0v) is 13.1. The van der Waals surface area contributed by atoms with Crippen LogP contribution in [0, 0.1) is 17.2 Å². The molecule has 3 rings (SSSR count). The Bertz CT molecular complexity index is 892. The molecule has 1 fully saturated rings. The number of rotatable bonds is 3. The Hall–Kier alpha value is -2.62. The number of carbonyl (C=O) groups excluding carboxylic acids is 1. The largest absolute Gasteiger partial charge is 0.354 e. The molecule has 0 spiro atoms. The second kappa shape index (κ2) is 6.24. The van der Waals surface area contributed by atoms with Crippen LogP contribution < -0.4 is 4.90 Å². The highest BCUT2D eigenvalue weighted by Gasteiger charge is 2.32. The highest BCUT2D eigenvalue weighted by Crippen LogP contribution is 2.28. The molecule has 7 heteroatoms. The van der Waals surface area contributed by atoms with Gasteiger partial charge in [-0.25, -0.2) is 9.97 Å². The van der Waals surface area contributed by atoms with E-state index in [1.807, 2.05) is 6.07 Å². The minimum atomic E-state index is -1.50. The Labute approximate surface area is 139 Å². The van der Waals surface area contributed by atoms with E-state index >= 15 is 0 Å².